The molecular weight excluding hydrogens is 437 g/mol. The highest BCUT2D eigenvalue weighted by molar-refractivity contribution is 5.94. The van der Waals surface area contributed by atoms with Crippen molar-refractivity contribution in [2.75, 3.05) is 13.1 Å². The van der Waals surface area contributed by atoms with Gasteiger partial charge in [0.05, 0.1) is 38.4 Å². The minimum Gasteiger partial charge on any atom is -0.365 e. The molecule has 3 heterocycles. The van der Waals surface area contributed by atoms with Crippen molar-refractivity contribution in [1.29, 1.82) is 0 Å². The zero-order valence-electron chi connectivity index (χ0n) is 19.0. The quantitative estimate of drug-likeness (QED) is 0.628. The van der Waals surface area contributed by atoms with Crippen LogP contribution < -0.4 is 5.32 Å². The van der Waals surface area contributed by atoms with Gasteiger partial charge in [-0.1, -0.05) is 41.1 Å². The van der Waals surface area contributed by atoms with Crippen molar-refractivity contribution in [3.63, 3.8) is 0 Å². The van der Waals surface area contributed by atoms with Crippen LogP contribution in [0.3, 0.4) is 0 Å². The summed E-state index contributed by atoms with van der Waals surface area (Å²) in [4.78, 5) is 26.9. The number of rotatable bonds is 5. The monoisotopic (exact) mass is 463 g/mol. The Morgan fingerprint density at radius 3 is 2.85 bits per heavy atom. The first-order chi connectivity index (χ1) is 16.4. The number of amides is 2. The summed E-state index contributed by atoms with van der Waals surface area (Å²) in [5.41, 5.74) is 2.97. The summed E-state index contributed by atoms with van der Waals surface area (Å²) in [6.45, 7) is 3.96. The predicted molar refractivity (Wildman–Crippen MR) is 121 cm³/mol. The molecule has 2 aromatic carbocycles. The summed E-state index contributed by atoms with van der Waals surface area (Å²) in [7, 11) is 0. The fraction of sp³-hybridized carbons (Fsp3) is 0.360. The van der Waals surface area contributed by atoms with E-state index in [4.69, 9.17) is 4.74 Å². The molecule has 0 aliphatic carbocycles. The van der Waals surface area contributed by atoms with Gasteiger partial charge in [-0.3, -0.25) is 9.59 Å². The predicted octanol–water partition coefficient (Wildman–Crippen LogP) is 2.40. The van der Waals surface area contributed by atoms with Crippen LogP contribution in [0.1, 0.15) is 39.3 Å². The first-order valence-corrected chi connectivity index (χ1v) is 11.3. The average molecular weight is 464 g/mol. The molecule has 2 aliphatic heterocycles. The summed E-state index contributed by atoms with van der Waals surface area (Å²) in [6.07, 6.45) is 0.705. The third kappa shape index (κ3) is 4.43. The van der Waals surface area contributed by atoms with E-state index in [0.717, 1.165) is 11.3 Å². The van der Waals surface area contributed by atoms with Gasteiger partial charge in [0.25, 0.3) is 5.91 Å². The molecule has 1 saturated heterocycles. The van der Waals surface area contributed by atoms with Crippen molar-refractivity contribution < 1.29 is 18.7 Å². The van der Waals surface area contributed by atoms with Crippen molar-refractivity contribution in [2.45, 2.75) is 45.1 Å². The highest BCUT2D eigenvalue weighted by Gasteiger charge is 2.44. The van der Waals surface area contributed by atoms with E-state index in [-0.39, 0.29) is 30.6 Å². The number of fused-ring (bicyclic) bond motifs is 1. The summed E-state index contributed by atoms with van der Waals surface area (Å²) >= 11 is 0. The molecule has 1 atom stereocenters. The first kappa shape index (κ1) is 22.2. The molecule has 1 fully saturated rings. The van der Waals surface area contributed by atoms with E-state index in [0.29, 0.717) is 49.5 Å². The maximum absolute atomic E-state index is 13.9. The fourth-order valence-corrected chi connectivity index (χ4v) is 4.60. The van der Waals surface area contributed by atoms with Gasteiger partial charge in [-0.15, -0.1) is 5.10 Å². The number of carbonyl (C=O) groups is 2. The van der Waals surface area contributed by atoms with E-state index in [1.165, 1.54) is 6.07 Å². The number of aromatic nitrogens is 3. The van der Waals surface area contributed by atoms with Gasteiger partial charge in [0, 0.05) is 12.1 Å². The third-order valence-corrected chi connectivity index (χ3v) is 6.54. The second-order valence-electron chi connectivity index (χ2n) is 9.00. The van der Waals surface area contributed by atoms with Crippen molar-refractivity contribution in [2.24, 2.45) is 0 Å². The highest BCUT2D eigenvalue weighted by atomic mass is 19.1. The molecule has 5 rings (SSSR count). The number of ether oxygens (including phenoxy) is 1. The molecular formula is C25H26FN5O3. The molecule has 176 valence electrons. The summed E-state index contributed by atoms with van der Waals surface area (Å²) in [5, 5.41) is 11.4. The number of likely N-dealkylation sites (tertiary alicyclic amines) is 1. The van der Waals surface area contributed by atoms with Gasteiger partial charge in [-0.05, 0) is 37.1 Å². The van der Waals surface area contributed by atoms with Gasteiger partial charge in [0.1, 0.15) is 17.1 Å². The van der Waals surface area contributed by atoms with Gasteiger partial charge >= 0.3 is 0 Å². The second kappa shape index (κ2) is 8.98. The van der Waals surface area contributed by atoms with E-state index in [1.54, 1.807) is 29.2 Å². The minimum absolute atomic E-state index is 0.0299. The Morgan fingerprint density at radius 2 is 2.03 bits per heavy atom. The number of aryl methyl sites for hydroxylation is 1. The smallest absolute Gasteiger partial charge is 0.251 e. The molecule has 3 aromatic rings. The molecule has 9 heteroatoms. The number of hydrogen-bond acceptors (Lipinski definition) is 5. The van der Waals surface area contributed by atoms with Gasteiger partial charge < -0.3 is 15.0 Å². The Kier molecular flexibility index (Phi) is 5.87. The Morgan fingerprint density at radius 1 is 1.18 bits per heavy atom. The van der Waals surface area contributed by atoms with E-state index in [9.17, 15) is 14.0 Å². The maximum Gasteiger partial charge on any atom is 0.251 e. The van der Waals surface area contributed by atoms with Gasteiger partial charge in [-0.25, -0.2) is 9.07 Å². The van der Waals surface area contributed by atoms with Crippen molar-refractivity contribution >= 4 is 11.8 Å². The molecule has 8 nitrogen and oxygen atoms in total. The second-order valence-corrected chi connectivity index (χ2v) is 9.00. The fourth-order valence-electron chi connectivity index (χ4n) is 4.60. The number of nitrogens with one attached hydrogen (secondary N) is 1. The van der Waals surface area contributed by atoms with Crippen LogP contribution in [0.4, 0.5) is 4.39 Å². The van der Waals surface area contributed by atoms with E-state index in [1.807, 2.05) is 29.8 Å². The lowest BCUT2D eigenvalue weighted by Crippen LogP contribution is -2.45. The molecule has 1 unspecified atom stereocenters. The maximum atomic E-state index is 13.9. The van der Waals surface area contributed by atoms with Crippen molar-refractivity contribution in [1.82, 2.24) is 25.2 Å². The first-order valence-electron chi connectivity index (χ1n) is 11.3. The summed E-state index contributed by atoms with van der Waals surface area (Å²) < 4.78 is 22.0. The largest absolute Gasteiger partial charge is 0.365 e. The van der Waals surface area contributed by atoms with Crippen molar-refractivity contribution in [3.8, 4) is 0 Å². The minimum atomic E-state index is -0.534. The lowest BCUT2D eigenvalue weighted by atomic mass is 10.0. The highest BCUT2D eigenvalue weighted by Crippen LogP contribution is 2.33. The Bertz CT molecular complexity index is 1240. The van der Waals surface area contributed by atoms with Gasteiger partial charge in [0.15, 0.2) is 0 Å². The molecule has 0 bridgehead atoms. The Labute approximate surface area is 196 Å². The van der Waals surface area contributed by atoms with E-state index >= 15 is 0 Å². The Hall–Kier alpha value is -3.59. The third-order valence-electron chi connectivity index (χ3n) is 6.54. The zero-order chi connectivity index (χ0) is 23.7. The van der Waals surface area contributed by atoms with Crippen molar-refractivity contribution in [3.05, 3.63) is 82.4 Å². The molecule has 0 saturated carbocycles. The lowest BCUT2D eigenvalue weighted by Gasteiger charge is -2.34. The SMILES string of the molecule is Cc1cccc(C(=O)NCc2nnn3c2COC2(CCN(C(=O)Cc4ccccc4F)C2)C3)c1. The van der Waals surface area contributed by atoms with Crippen LogP contribution in [-0.4, -0.2) is 50.4 Å². The molecule has 34 heavy (non-hydrogen) atoms. The molecule has 2 aliphatic rings. The van der Waals surface area contributed by atoms with Crippen LogP contribution in [0.2, 0.25) is 0 Å². The molecule has 1 N–H and O–H groups in total. The number of carbonyl (C=O) groups excluding carboxylic acids is 2. The van der Waals surface area contributed by atoms with E-state index < -0.39 is 5.60 Å². The van der Waals surface area contributed by atoms with Gasteiger partial charge in [0.2, 0.25) is 5.91 Å². The number of nitrogens with zero attached hydrogens (tertiary/aromatic N) is 4. The lowest BCUT2D eigenvalue weighted by molar-refractivity contribution is -0.132. The number of benzene rings is 2. The van der Waals surface area contributed by atoms with Crippen LogP contribution in [0.15, 0.2) is 48.5 Å². The molecule has 1 aromatic heterocycles. The molecule has 0 radical (unpaired) electrons. The number of hydrogen-bond donors (Lipinski definition) is 1. The molecule has 2 amide bonds. The van der Waals surface area contributed by atoms with Crippen LogP contribution in [0, 0.1) is 12.7 Å². The van der Waals surface area contributed by atoms with Crippen LogP contribution in [0.5, 0.6) is 0 Å². The van der Waals surface area contributed by atoms with E-state index in [2.05, 4.69) is 15.6 Å². The van der Waals surface area contributed by atoms with Crippen LogP contribution in [-0.2, 0) is 35.6 Å². The average Bonchev–Trinajstić information content (AvgIpc) is 3.43. The zero-order valence-corrected chi connectivity index (χ0v) is 19.0. The Balaban J connectivity index is 1.20. The summed E-state index contributed by atoms with van der Waals surface area (Å²) in [6, 6.07) is 13.7. The number of halogens is 1. The van der Waals surface area contributed by atoms with Crippen LogP contribution >= 0.6 is 0 Å². The van der Waals surface area contributed by atoms with Crippen LogP contribution in [0.25, 0.3) is 0 Å². The standard InChI is InChI=1S/C25H26FN5O3/c1-17-5-4-7-19(11-17)24(33)27-13-21-22-14-34-25(16-31(22)29-28-21)9-10-30(15-25)23(32)12-18-6-2-3-8-20(18)26/h2-8,11H,9-10,12-16H2,1H3,(H,27,33). The van der Waals surface area contributed by atoms with Gasteiger partial charge in [-0.2, -0.15) is 0 Å². The topological polar surface area (TPSA) is 89.3 Å². The summed E-state index contributed by atoms with van der Waals surface area (Å²) in [5.74, 6) is -0.652. The normalized spacial score (nSPS) is 19.3. The molecule has 1 spiro atoms.